The minimum absolute atomic E-state index is 0.0748. The number of nitrogens with zero attached hydrogens (tertiary/aromatic N) is 3. The molecule has 0 spiro atoms. The molecule has 2 N–H and O–H groups in total. The summed E-state index contributed by atoms with van der Waals surface area (Å²) in [5.74, 6) is -0.689. The molecule has 1 aromatic heterocycles. The van der Waals surface area contributed by atoms with Gasteiger partial charge in [-0.1, -0.05) is 36.8 Å². The van der Waals surface area contributed by atoms with Gasteiger partial charge in [-0.25, -0.2) is 4.79 Å². The number of hydrogen-bond donors (Lipinski definition) is 2. The standard InChI is InChI=1S/C20H24N4O3/c25-18(26)20-9-4-7-16(20)13-23(14-20)19(27)21-11-17-8-10-24(22-17)12-15-5-2-1-3-6-15/h1-3,5-6,8,10,16H,4,7,9,11-14H2,(H,21,27)(H,25,26)/t16-,20+/m0/s1. The van der Waals surface area contributed by atoms with Crippen molar-refractivity contribution >= 4 is 12.0 Å². The Morgan fingerprint density at radius 2 is 2.07 bits per heavy atom. The molecule has 2 aliphatic rings. The van der Waals surface area contributed by atoms with Crippen molar-refractivity contribution in [2.24, 2.45) is 11.3 Å². The summed E-state index contributed by atoms with van der Waals surface area (Å²) in [6, 6.07) is 11.7. The number of benzene rings is 1. The van der Waals surface area contributed by atoms with Gasteiger partial charge in [-0.15, -0.1) is 0 Å². The fourth-order valence-corrected chi connectivity index (χ4v) is 4.43. The van der Waals surface area contributed by atoms with Crippen LogP contribution in [-0.4, -0.2) is 44.9 Å². The van der Waals surface area contributed by atoms with Crippen LogP contribution in [0.1, 0.15) is 30.5 Å². The number of aliphatic carboxylic acids is 1. The van der Waals surface area contributed by atoms with Crippen LogP contribution in [0.15, 0.2) is 42.6 Å². The SMILES string of the molecule is O=C(NCc1ccn(Cc2ccccc2)n1)N1C[C@@H]2CCC[C@@]2(C(=O)O)C1. The molecule has 7 heteroatoms. The van der Waals surface area contributed by atoms with Crippen LogP contribution in [0.25, 0.3) is 0 Å². The van der Waals surface area contributed by atoms with Crippen LogP contribution in [0.4, 0.5) is 4.79 Å². The highest BCUT2D eigenvalue weighted by Crippen LogP contribution is 2.48. The zero-order chi connectivity index (χ0) is 18.9. The first-order valence-electron chi connectivity index (χ1n) is 9.39. The highest BCUT2D eigenvalue weighted by molar-refractivity contribution is 5.80. The molecule has 1 aliphatic carbocycles. The molecule has 7 nitrogen and oxygen atoms in total. The van der Waals surface area contributed by atoms with Crippen molar-refractivity contribution in [3.8, 4) is 0 Å². The summed E-state index contributed by atoms with van der Waals surface area (Å²) in [7, 11) is 0. The number of amides is 2. The lowest BCUT2D eigenvalue weighted by Gasteiger charge is -2.23. The van der Waals surface area contributed by atoms with E-state index in [1.165, 1.54) is 5.56 Å². The number of rotatable bonds is 5. The average Bonchev–Trinajstić information content (AvgIpc) is 3.35. The first-order valence-corrected chi connectivity index (χ1v) is 9.39. The fraction of sp³-hybridized carbons (Fsp3) is 0.450. The number of nitrogens with one attached hydrogen (secondary N) is 1. The fourth-order valence-electron chi connectivity index (χ4n) is 4.43. The third kappa shape index (κ3) is 3.41. The maximum atomic E-state index is 12.5. The van der Waals surface area contributed by atoms with Crippen molar-refractivity contribution in [2.75, 3.05) is 13.1 Å². The minimum Gasteiger partial charge on any atom is -0.481 e. The van der Waals surface area contributed by atoms with Gasteiger partial charge in [-0.05, 0) is 30.4 Å². The molecule has 4 rings (SSSR count). The molecule has 0 unspecified atom stereocenters. The minimum atomic E-state index is -0.764. The monoisotopic (exact) mass is 368 g/mol. The molecule has 0 bridgehead atoms. The van der Waals surface area contributed by atoms with Crippen LogP contribution in [0.5, 0.6) is 0 Å². The molecule has 1 aliphatic heterocycles. The highest BCUT2D eigenvalue weighted by atomic mass is 16.4. The normalized spacial score (nSPS) is 24.0. The van der Waals surface area contributed by atoms with Crippen LogP contribution >= 0.6 is 0 Å². The summed E-state index contributed by atoms with van der Waals surface area (Å²) >= 11 is 0. The average molecular weight is 368 g/mol. The van der Waals surface area contributed by atoms with E-state index in [-0.39, 0.29) is 11.9 Å². The second-order valence-electron chi connectivity index (χ2n) is 7.58. The molecule has 142 valence electrons. The quantitative estimate of drug-likeness (QED) is 0.848. The number of carboxylic acids is 1. The number of aromatic nitrogens is 2. The molecule has 0 radical (unpaired) electrons. The Morgan fingerprint density at radius 3 is 2.81 bits per heavy atom. The molecule has 2 aromatic rings. The van der Waals surface area contributed by atoms with Gasteiger partial charge in [0.1, 0.15) is 0 Å². The van der Waals surface area contributed by atoms with Gasteiger partial charge in [0.25, 0.3) is 0 Å². The van der Waals surface area contributed by atoms with E-state index >= 15 is 0 Å². The Kier molecular flexibility index (Phi) is 4.59. The van der Waals surface area contributed by atoms with E-state index in [1.807, 2.05) is 47.3 Å². The molecule has 1 saturated carbocycles. The van der Waals surface area contributed by atoms with Crippen LogP contribution in [0.3, 0.4) is 0 Å². The maximum Gasteiger partial charge on any atom is 0.317 e. The summed E-state index contributed by atoms with van der Waals surface area (Å²) in [6.07, 6.45) is 4.39. The molecule has 1 saturated heterocycles. The molecular formula is C20H24N4O3. The zero-order valence-electron chi connectivity index (χ0n) is 15.2. The van der Waals surface area contributed by atoms with Crippen molar-refractivity contribution in [3.05, 3.63) is 53.9 Å². The topological polar surface area (TPSA) is 87.5 Å². The number of likely N-dealkylation sites (tertiary alicyclic amines) is 1. The van der Waals surface area contributed by atoms with Gasteiger partial charge in [0.2, 0.25) is 0 Å². The Balaban J connectivity index is 1.32. The van der Waals surface area contributed by atoms with Crippen molar-refractivity contribution < 1.29 is 14.7 Å². The smallest absolute Gasteiger partial charge is 0.317 e. The lowest BCUT2D eigenvalue weighted by molar-refractivity contribution is -0.149. The highest BCUT2D eigenvalue weighted by Gasteiger charge is 2.55. The van der Waals surface area contributed by atoms with E-state index in [9.17, 15) is 14.7 Å². The number of hydrogen-bond acceptors (Lipinski definition) is 3. The molecule has 2 heterocycles. The number of carbonyl (C=O) groups excluding carboxylic acids is 1. The molecule has 27 heavy (non-hydrogen) atoms. The molecule has 1 aromatic carbocycles. The van der Waals surface area contributed by atoms with Crippen molar-refractivity contribution in [1.82, 2.24) is 20.0 Å². The lowest BCUT2D eigenvalue weighted by atomic mass is 9.81. The number of carboxylic acid groups (broad SMARTS) is 1. The third-order valence-corrected chi connectivity index (χ3v) is 5.89. The predicted molar refractivity (Wildman–Crippen MR) is 99.0 cm³/mol. The van der Waals surface area contributed by atoms with Crippen LogP contribution < -0.4 is 5.32 Å². The van der Waals surface area contributed by atoms with Crippen molar-refractivity contribution in [3.63, 3.8) is 0 Å². The second kappa shape index (κ2) is 7.06. The van der Waals surface area contributed by atoms with E-state index < -0.39 is 11.4 Å². The van der Waals surface area contributed by atoms with E-state index in [0.717, 1.165) is 18.5 Å². The zero-order valence-corrected chi connectivity index (χ0v) is 15.2. The predicted octanol–water partition coefficient (Wildman–Crippen LogP) is 2.33. The number of fused-ring (bicyclic) bond motifs is 1. The van der Waals surface area contributed by atoms with E-state index in [2.05, 4.69) is 10.4 Å². The van der Waals surface area contributed by atoms with Crippen LogP contribution in [0, 0.1) is 11.3 Å². The summed E-state index contributed by atoms with van der Waals surface area (Å²) in [6.45, 7) is 1.85. The van der Waals surface area contributed by atoms with Crippen LogP contribution in [0.2, 0.25) is 0 Å². The van der Waals surface area contributed by atoms with Crippen LogP contribution in [-0.2, 0) is 17.9 Å². The molecule has 2 amide bonds. The largest absolute Gasteiger partial charge is 0.481 e. The van der Waals surface area contributed by atoms with Gasteiger partial charge in [0.05, 0.1) is 24.2 Å². The lowest BCUT2D eigenvalue weighted by Crippen LogP contribution is -2.41. The van der Waals surface area contributed by atoms with Gasteiger partial charge >= 0.3 is 12.0 Å². The van der Waals surface area contributed by atoms with E-state index in [1.54, 1.807) is 4.90 Å². The number of carbonyl (C=O) groups is 2. The summed E-state index contributed by atoms with van der Waals surface area (Å²) in [5, 5.41) is 17.0. The molecule has 2 fully saturated rings. The van der Waals surface area contributed by atoms with E-state index in [0.29, 0.717) is 32.6 Å². The van der Waals surface area contributed by atoms with E-state index in [4.69, 9.17) is 0 Å². The Labute approximate surface area is 158 Å². The van der Waals surface area contributed by atoms with Crippen molar-refractivity contribution in [2.45, 2.75) is 32.4 Å². The third-order valence-electron chi connectivity index (χ3n) is 5.89. The second-order valence-corrected chi connectivity index (χ2v) is 7.58. The Hall–Kier alpha value is -2.83. The maximum absolute atomic E-state index is 12.5. The van der Waals surface area contributed by atoms with Gasteiger partial charge < -0.3 is 15.3 Å². The molecular weight excluding hydrogens is 344 g/mol. The van der Waals surface area contributed by atoms with Gasteiger partial charge in [-0.3, -0.25) is 9.48 Å². The summed E-state index contributed by atoms with van der Waals surface area (Å²) < 4.78 is 1.84. The van der Waals surface area contributed by atoms with Gasteiger partial charge in [0, 0.05) is 19.3 Å². The molecule has 2 atom stereocenters. The Bertz CT molecular complexity index is 835. The van der Waals surface area contributed by atoms with Gasteiger partial charge in [0.15, 0.2) is 0 Å². The Morgan fingerprint density at radius 1 is 1.26 bits per heavy atom. The summed E-state index contributed by atoms with van der Waals surface area (Å²) in [5.41, 5.74) is 1.21. The van der Waals surface area contributed by atoms with Crippen molar-refractivity contribution in [1.29, 1.82) is 0 Å². The first kappa shape index (κ1) is 17.6. The van der Waals surface area contributed by atoms with Gasteiger partial charge in [-0.2, -0.15) is 5.10 Å². The summed E-state index contributed by atoms with van der Waals surface area (Å²) in [4.78, 5) is 25.9. The number of urea groups is 1. The first-order chi connectivity index (χ1) is 13.1.